The minimum absolute atomic E-state index is 0.245. The molecule has 2 saturated heterocycles. The second-order valence-corrected chi connectivity index (χ2v) is 7.90. The van der Waals surface area contributed by atoms with E-state index in [4.69, 9.17) is 11.6 Å². The van der Waals surface area contributed by atoms with E-state index in [0.717, 1.165) is 56.3 Å². The second kappa shape index (κ2) is 7.95. The molecule has 0 radical (unpaired) electrons. The second-order valence-electron chi connectivity index (χ2n) is 7.49. The van der Waals surface area contributed by atoms with Gasteiger partial charge in [0.05, 0.1) is 23.3 Å². The molecule has 0 spiro atoms. The van der Waals surface area contributed by atoms with Crippen molar-refractivity contribution in [2.24, 2.45) is 7.05 Å². The standard InChI is InChI=1S/C21H27ClN4O/c1-23-10-4-8-19(23)20-9-5-11-26(20)16-21(27)25-14-12-24(13-15-25)18-7-3-2-6-17(18)22/h2-4,6-8,10,20H,5,9,11-16H2,1H3/t20-/m1/s1. The molecule has 0 N–H and O–H groups in total. The van der Waals surface area contributed by atoms with E-state index in [9.17, 15) is 4.79 Å². The van der Waals surface area contributed by atoms with Crippen molar-refractivity contribution < 1.29 is 4.79 Å². The first-order valence-corrected chi connectivity index (χ1v) is 10.1. The van der Waals surface area contributed by atoms with Crippen molar-refractivity contribution in [1.82, 2.24) is 14.4 Å². The van der Waals surface area contributed by atoms with Gasteiger partial charge in [-0.25, -0.2) is 0 Å². The van der Waals surface area contributed by atoms with E-state index in [1.54, 1.807) is 0 Å². The van der Waals surface area contributed by atoms with Crippen LogP contribution in [0.1, 0.15) is 24.6 Å². The fraction of sp³-hybridized carbons (Fsp3) is 0.476. The van der Waals surface area contributed by atoms with Crippen molar-refractivity contribution in [3.05, 3.63) is 53.3 Å². The van der Waals surface area contributed by atoms with Gasteiger partial charge >= 0.3 is 0 Å². The fourth-order valence-electron chi connectivity index (χ4n) is 4.35. The van der Waals surface area contributed by atoms with Gasteiger partial charge in [-0.1, -0.05) is 23.7 Å². The number of rotatable bonds is 4. The molecule has 2 fully saturated rings. The summed E-state index contributed by atoms with van der Waals surface area (Å²) in [6, 6.07) is 12.6. The minimum atomic E-state index is 0.245. The van der Waals surface area contributed by atoms with Gasteiger partial charge < -0.3 is 14.4 Å². The molecule has 2 aromatic rings. The van der Waals surface area contributed by atoms with Gasteiger partial charge in [-0.3, -0.25) is 9.69 Å². The summed E-state index contributed by atoms with van der Waals surface area (Å²) in [5, 5.41) is 0.778. The molecule has 1 amide bonds. The number of amides is 1. The molecule has 144 valence electrons. The van der Waals surface area contributed by atoms with Gasteiger partial charge in [-0.05, 0) is 43.7 Å². The molecule has 1 aromatic carbocycles. The van der Waals surface area contributed by atoms with Crippen molar-refractivity contribution in [3.8, 4) is 0 Å². The number of carbonyl (C=O) groups excluding carboxylic acids is 1. The van der Waals surface area contributed by atoms with Crippen LogP contribution in [-0.2, 0) is 11.8 Å². The van der Waals surface area contributed by atoms with Crippen LogP contribution in [0.3, 0.4) is 0 Å². The summed E-state index contributed by atoms with van der Waals surface area (Å²) >= 11 is 6.32. The number of aromatic nitrogens is 1. The smallest absolute Gasteiger partial charge is 0.236 e. The molecule has 1 atom stereocenters. The lowest BCUT2D eigenvalue weighted by molar-refractivity contribution is -0.133. The number of anilines is 1. The van der Waals surface area contributed by atoms with Crippen molar-refractivity contribution >= 4 is 23.2 Å². The van der Waals surface area contributed by atoms with E-state index < -0.39 is 0 Å². The summed E-state index contributed by atoms with van der Waals surface area (Å²) in [7, 11) is 2.08. The molecule has 0 bridgehead atoms. The van der Waals surface area contributed by atoms with E-state index in [1.807, 2.05) is 23.1 Å². The number of carbonyl (C=O) groups is 1. The van der Waals surface area contributed by atoms with Crippen LogP contribution >= 0.6 is 11.6 Å². The van der Waals surface area contributed by atoms with Crippen LogP contribution in [0.15, 0.2) is 42.6 Å². The van der Waals surface area contributed by atoms with E-state index >= 15 is 0 Å². The number of nitrogens with zero attached hydrogens (tertiary/aromatic N) is 4. The van der Waals surface area contributed by atoms with E-state index in [1.165, 1.54) is 5.69 Å². The zero-order valence-electron chi connectivity index (χ0n) is 15.9. The molecule has 6 heteroatoms. The van der Waals surface area contributed by atoms with Gasteiger partial charge in [0.2, 0.25) is 5.91 Å². The summed E-state index contributed by atoms with van der Waals surface area (Å²) in [6.45, 7) is 4.69. The Labute approximate surface area is 166 Å². The van der Waals surface area contributed by atoms with Crippen molar-refractivity contribution in [2.45, 2.75) is 18.9 Å². The maximum atomic E-state index is 12.9. The van der Waals surface area contributed by atoms with Gasteiger partial charge in [0.15, 0.2) is 0 Å². The number of hydrogen-bond acceptors (Lipinski definition) is 3. The Morgan fingerprint density at radius 1 is 1.07 bits per heavy atom. The lowest BCUT2D eigenvalue weighted by atomic mass is 10.1. The Balaban J connectivity index is 1.34. The molecule has 2 aliphatic heterocycles. The van der Waals surface area contributed by atoms with E-state index in [0.29, 0.717) is 12.6 Å². The first-order valence-electron chi connectivity index (χ1n) is 9.76. The van der Waals surface area contributed by atoms with Crippen LogP contribution in [0, 0.1) is 0 Å². The van der Waals surface area contributed by atoms with Crippen molar-refractivity contribution in [1.29, 1.82) is 0 Å². The highest BCUT2D eigenvalue weighted by molar-refractivity contribution is 6.33. The first kappa shape index (κ1) is 18.4. The normalized spacial score (nSPS) is 21.0. The first-order chi connectivity index (χ1) is 13.1. The molecule has 27 heavy (non-hydrogen) atoms. The summed E-state index contributed by atoms with van der Waals surface area (Å²) < 4.78 is 2.18. The van der Waals surface area contributed by atoms with E-state index in [-0.39, 0.29) is 5.91 Å². The van der Waals surface area contributed by atoms with Gasteiger partial charge in [-0.2, -0.15) is 0 Å². The fourth-order valence-corrected chi connectivity index (χ4v) is 4.60. The Kier molecular flexibility index (Phi) is 5.41. The minimum Gasteiger partial charge on any atom is -0.367 e. The lowest BCUT2D eigenvalue weighted by Gasteiger charge is -2.37. The largest absolute Gasteiger partial charge is 0.367 e. The van der Waals surface area contributed by atoms with E-state index in [2.05, 4.69) is 45.8 Å². The third-order valence-corrected chi connectivity index (χ3v) is 6.17. The van der Waals surface area contributed by atoms with Crippen LogP contribution in [-0.4, -0.2) is 59.5 Å². The lowest BCUT2D eigenvalue weighted by Crippen LogP contribution is -2.51. The summed E-state index contributed by atoms with van der Waals surface area (Å²) in [4.78, 5) is 19.5. The molecule has 4 rings (SSSR count). The van der Waals surface area contributed by atoms with Gasteiger partial charge in [0.25, 0.3) is 0 Å². The zero-order valence-corrected chi connectivity index (χ0v) is 16.6. The predicted molar refractivity (Wildman–Crippen MR) is 109 cm³/mol. The number of aryl methyl sites for hydroxylation is 1. The van der Waals surface area contributed by atoms with Gasteiger partial charge in [0, 0.05) is 45.1 Å². The molecule has 0 aliphatic carbocycles. The highest BCUT2D eigenvalue weighted by atomic mass is 35.5. The molecule has 3 heterocycles. The topological polar surface area (TPSA) is 31.7 Å². The maximum Gasteiger partial charge on any atom is 0.236 e. The Hall–Kier alpha value is -1.98. The molecule has 1 aromatic heterocycles. The van der Waals surface area contributed by atoms with Gasteiger partial charge in [0.1, 0.15) is 0 Å². The maximum absolute atomic E-state index is 12.9. The number of likely N-dealkylation sites (tertiary alicyclic amines) is 1. The van der Waals surface area contributed by atoms with Crippen LogP contribution in [0.5, 0.6) is 0 Å². The third kappa shape index (κ3) is 3.85. The average Bonchev–Trinajstić information content (AvgIpc) is 3.30. The Bertz CT molecular complexity index is 797. The third-order valence-electron chi connectivity index (χ3n) is 5.85. The highest BCUT2D eigenvalue weighted by Gasteiger charge is 2.31. The molecule has 2 aliphatic rings. The Morgan fingerprint density at radius 3 is 2.56 bits per heavy atom. The summed E-state index contributed by atoms with van der Waals surface area (Å²) in [6.07, 6.45) is 4.37. The quantitative estimate of drug-likeness (QED) is 0.808. The van der Waals surface area contributed by atoms with Crippen LogP contribution in [0.4, 0.5) is 5.69 Å². The monoisotopic (exact) mass is 386 g/mol. The molecule has 0 saturated carbocycles. The summed E-state index contributed by atoms with van der Waals surface area (Å²) in [5.41, 5.74) is 2.37. The van der Waals surface area contributed by atoms with Crippen LogP contribution in [0.25, 0.3) is 0 Å². The SMILES string of the molecule is Cn1cccc1[C@H]1CCCN1CC(=O)N1CCN(c2ccccc2Cl)CC1. The van der Waals surface area contributed by atoms with Gasteiger partial charge in [-0.15, -0.1) is 0 Å². The number of para-hydroxylation sites is 1. The molecular weight excluding hydrogens is 360 g/mol. The zero-order chi connectivity index (χ0) is 18.8. The number of halogens is 1. The highest BCUT2D eigenvalue weighted by Crippen LogP contribution is 2.32. The number of piperazine rings is 1. The van der Waals surface area contributed by atoms with Crippen LogP contribution < -0.4 is 4.90 Å². The van der Waals surface area contributed by atoms with Crippen LogP contribution in [0.2, 0.25) is 5.02 Å². The average molecular weight is 387 g/mol. The van der Waals surface area contributed by atoms with Crippen molar-refractivity contribution in [3.63, 3.8) is 0 Å². The molecule has 5 nitrogen and oxygen atoms in total. The number of hydrogen-bond donors (Lipinski definition) is 0. The Morgan fingerprint density at radius 2 is 1.85 bits per heavy atom. The predicted octanol–water partition coefficient (Wildman–Crippen LogP) is 3.16. The van der Waals surface area contributed by atoms with Crippen molar-refractivity contribution in [2.75, 3.05) is 44.2 Å². The number of benzene rings is 1. The molecular formula is C21H27ClN4O. The molecule has 0 unspecified atom stereocenters. The summed E-state index contributed by atoms with van der Waals surface area (Å²) in [5.74, 6) is 0.245.